The molecule has 4 atom stereocenters. The van der Waals surface area contributed by atoms with Crippen LogP contribution < -0.4 is 139 Å². The van der Waals surface area contributed by atoms with Crippen molar-refractivity contribution < 1.29 is 178 Å². The normalized spacial score (nSPS) is 23.5. The second-order valence-corrected chi connectivity index (χ2v) is 8.55. The quantitative estimate of drug-likeness (QED) is 0.149. The number of carboxylic acids is 4. The van der Waals surface area contributed by atoms with Crippen molar-refractivity contribution in [3.05, 3.63) is 0 Å². The van der Waals surface area contributed by atoms with E-state index in [1.807, 2.05) is 0 Å². The molecule has 20 heteroatoms. The van der Waals surface area contributed by atoms with E-state index in [1.165, 1.54) is 0 Å². The average molecular weight is 612 g/mol. The van der Waals surface area contributed by atoms with Crippen molar-refractivity contribution in [3.63, 3.8) is 0 Å². The zero-order chi connectivity index (χ0) is 27.4. The number of nitrogens with zero attached hydrogens (tertiary/aromatic N) is 4. The van der Waals surface area contributed by atoms with Crippen LogP contribution in [0.5, 0.6) is 0 Å². The van der Waals surface area contributed by atoms with Gasteiger partial charge in [0.1, 0.15) is 0 Å². The predicted molar refractivity (Wildman–Crippen MR) is 110 cm³/mol. The van der Waals surface area contributed by atoms with Gasteiger partial charge < -0.3 is 60.0 Å². The van der Waals surface area contributed by atoms with Crippen molar-refractivity contribution in [1.29, 1.82) is 0 Å². The molecule has 1 aliphatic rings. The fourth-order valence-electron chi connectivity index (χ4n) is 4.27. The SMILES string of the molecule is O=C([O-])CN1C[C@@H](CO)N(CC(=O)[O-])C[C@@H](CO)N(CC(=O)[O-])C[C@@H](CO)N(CC(=O)[O-])C[C@H]1CO.[Na+].[Na+].[Na+].[Na+]. The van der Waals surface area contributed by atoms with E-state index >= 15 is 0 Å². The van der Waals surface area contributed by atoms with E-state index in [2.05, 4.69) is 0 Å². The third-order valence-corrected chi connectivity index (χ3v) is 6.02. The summed E-state index contributed by atoms with van der Waals surface area (Å²) in [5, 5.41) is 85.6. The van der Waals surface area contributed by atoms with Crippen molar-refractivity contribution in [2.75, 3.05) is 78.8 Å². The number of aliphatic carboxylic acids is 4. The molecule has 208 valence electrons. The first-order valence-corrected chi connectivity index (χ1v) is 11.1. The predicted octanol–water partition coefficient (Wildman–Crippen LogP) is -22.3. The van der Waals surface area contributed by atoms with Crippen LogP contribution in [-0.4, -0.2) is 167 Å². The Kier molecular flexibility index (Phi) is 31.3. The van der Waals surface area contributed by atoms with Gasteiger partial charge in [-0.2, -0.15) is 0 Å². The van der Waals surface area contributed by atoms with Crippen LogP contribution in [0.1, 0.15) is 0 Å². The smallest absolute Gasteiger partial charge is 0.549 e. The number of carboxylic acid groups (broad SMARTS) is 4. The number of carbonyl (C=O) groups excluding carboxylic acids is 4. The second kappa shape index (κ2) is 25.8. The van der Waals surface area contributed by atoms with E-state index in [0.717, 1.165) is 19.6 Å². The molecule has 40 heavy (non-hydrogen) atoms. The van der Waals surface area contributed by atoms with Crippen molar-refractivity contribution in [3.8, 4) is 0 Å². The molecule has 0 aromatic heterocycles. The van der Waals surface area contributed by atoms with Gasteiger partial charge in [-0.1, -0.05) is 0 Å². The van der Waals surface area contributed by atoms with Crippen LogP contribution in [-0.2, 0) is 19.2 Å². The number of rotatable bonds is 12. The molecule has 1 aliphatic heterocycles. The summed E-state index contributed by atoms with van der Waals surface area (Å²) in [6.07, 6.45) is 0. The van der Waals surface area contributed by atoms with E-state index < -0.39 is 101 Å². The molecule has 0 amide bonds. The number of carbonyl (C=O) groups is 4. The molecule has 1 saturated heterocycles. The van der Waals surface area contributed by atoms with Crippen molar-refractivity contribution in [2.24, 2.45) is 0 Å². The van der Waals surface area contributed by atoms with Gasteiger partial charge in [-0.25, -0.2) is 0 Å². The van der Waals surface area contributed by atoms with Crippen molar-refractivity contribution >= 4 is 23.9 Å². The Morgan fingerprint density at radius 2 is 0.600 bits per heavy atom. The fraction of sp³-hybridized carbons (Fsp3) is 0.800. The molecular formula is C20H32N4Na4O12. The summed E-state index contributed by atoms with van der Waals surface area (Å²) in [5.41, 5.74) is 0. The summed E-state index contributed by atoms with van der Waals surface area (Å²) in [4.78, 5) is 50.3. The van der Waals surface area contributed by atoms with Crippen LogP contribution in [0, 0.1) is 0 Å². The standard InChI is InChI=1S/C20H36N4O12.4Na/c25-9-13-1-21(5-17(29)30)14(10-26)2-23(7-19(33)34)16(12-28)4-24(8-20(35)36)15(11-27)3-22(13)6-18(31)32;;;;/h13-16,25-28H,1-12H2,(H,29,30)(H,31,32)(H,33,34)(H,35,36);;;;/q;4*+1/p-4/t13-,14-,15-,16-;;;;/m0..../s1. The molecule has 0 radical (unpaired) electrons. The largest absolute Gasteiger partial charge is 1.00 e. The zero-order valence-electron chi connectivity index (χ0n) is 23.6. The van der Waals surface area contributed by atoms with Gasteiger partial charge in [0.2, 0.25) is 0 Å². The minimum Gasteiger partial charge on any atom is -0.549 e. The zero-order valence-corrected chi connectivity index (χ0v) is 31.6. The molecule has 0 unspecified atom stereocenters. The Morgan fingerprint density at radius 3 is 0.700 bits per heavy atom. The molecule has 1 heterocycles. The van der Waals surface area contributed by atoms with Gasteiger partial charge in [-0.05, 0) is 0 Å². The van der Waals surface area contributed by atoms with E-state index in [0.29, 0.717) is 0 Å². The minimum atomic E-state index is -1.57. The summed E-state index contributed by atoms with van der Waals surface area (Å²) in [6, 6.07) is -4.34. The first kappa shape index (κ1) is 48.5. The van der Waals surface area contributed by atoms with E-state index in [4.69, 9.17) is 0 Å². The van der Waals surface area contributed by atoms with Crippen LogP contribution >= 0.6 is 0 Å². The summed E-state index contributed by atoms with van der Waals surface area (Å²) < 4.78 is 0. The molecule has 0 saturated carbocycles. The summed E-state index contributed by atoms with van der Waals surface area (Å²) in [7, 11) is 0. The Hall–Kier alpha value is 1.56. The minimum absolute atomic E-state index is 0. The van der Waals surface area contributed by atoms with Gasteiger partial charge in [0.05, 0.1) is 50.3 Å². The molecule has 0 aromatic rings. The Morgan fingerprint density at radius 1 is 0.450 bits per heavy atom. The number of aliphatic hydroxyl groups is 4. The summed E-state index contributed by atoms with van der Waals surface area (Å²) in [5.74, 6) is -6.27. The van der Waals surface area contributed by atoms with E-state index in [1.54, 1.807) is 0 Å². The van der Waals surface area contributed by atoms with E-state index in [9.17, 15) is 60.0 Å². The molecule has 0 bridgehead atoms. The molecule has 0 aromatic carbocycles. The number of hydrogen-bond acceptors (Lipinski definition) is 16. The number of hydrogen-bond donors (Lipinski definition) is 4. The first-order chi connectivity index (χ1) is 16.9. The van der Waals surface area contributed by atoms with Gasteiger partial charge >= 0.3 is 118 Å². The summed E-state index contributed by atoms with van der Waals surface area (Å²) in [6.45, 7) is -7.26. The molecule has 1 rings (SSSR count). The van der Waals surface area contributed by atoms with Crippen LogP contribution in [0.4, 0.5) is 0 Å². The maximum atomic E-state index is 11.4. The Labute approximate surface area is 320 Å². The van der Waals surface area contributed by atoms with Crippen LogP contribution in [0.2, 0.25) is 0 Å². The Balaban J connectivity index is -0.00000162. The molecule has 16 nitrogen and oxygen atoms in total. The maximum Gasteiger partial charge on any atom is 1.00 e. The molecule has 0 spiro atoms. The topological polar surface area (TPSA) is 254 Å². The number of aliphatic hydroxyl groups excluding tert-OH is 4. The fourth-order valence-corrected chi connectivity index (χ4v) is 4.27. The Bertz CT molecular complexity index is 640. The van der Waals surface area contributed by atoms with Gasteiger partial charge in [-0.3, -0.25) is 19.6 Å². The van der Waals surface area contributed by atoms with Gasteiger partial charge in [0.25, 0.3) is 0 Å². The van der Waals surface area contributed by atoms with Gasteiger partial charge in [-0.15, -0.1) is 0 Å². The average Bonchev–Trinajstić information content (AvgIpc) is 2.78. The van der Waals surface area contributed by atoms with Crippen LogP contribution in [0.15, 0.2) is 0 Å². The molecule has 4 N–H and O–H groups in total. The third-order valence-electron chi connectivity index (χ3n) is 6.02. The molecular weight excluding hydrogens is 580 g/mol. The monoisotopic (exact) mass is 612 g/mol. The second-order valence-electron chi connectivity index (χ2n) is 8.55. The van der Waals surface area contributed by atoms with Gasteiger partial charge in [0.15, 0.2) is 0 Å². The van der Waals surface area contributed by atoms with Crippen molar-refractivity contribution in [1.82, 2.24) is 19.6 Å². The van der Waals surface area contributed by atoms with Crippen molar-refractivity contribution in [2.45, 2.75) is 24.2 Å². The molecule has 1 fully saturated rings. The maximum absolute atomic E-state index is 11.4. The van der Waals surface area contributed by atoms with Gasteiger partial charge in [0, 0.05) is 76.5 Å². The first-order valence-electron chi connectivity index (χ1n) is 11.1. The van der Waals surface area contributed by atoms with E-state index in [-0.39, 0.29) is 144 Å². The molecule has 0 aliphatic carbocycles. The third kappa shape index (κ3) is 17.8. The van der Waals surface area contributed by atoms with Crippen LogP contribution in [0.25, 0.3) is 0 Å². The summed E-state index contributed by atoms with van der Waals surface area (Å²) >= 11 is 0. The van der Waals surface area contributed by atoms with Crippen LogP contribution in [0.3, 0.4) is 0 Å².